The highest BCUT2D eigenvalue weighted by Crippen LogP contribution is 2.38. The van der Waals surface area contributed by atoms with Crippen LogP contribution in [0.15, 0.2) is 164 Å². The van der Waals surface area contributed by atoms with Crippen molar-refractivity contribution in [1.82, 2.24) is 45.3 Å². The molecule has 6 saturated heterocycles. The molecule has 528 valence electrons. The fraction of sp³-hybridized carbons (Fsp3) is 0.346. The molecule has 6 aromatic rings. The summed E-state index contributed by atoms with van der Waals surface area (Å²) in [6.45, 7) is 17.5. The highest BCUT2D eigenvalue weighted by atomic mass is 16.5. The number of hydrogen-bond donors (Lipinski definition) is 3. The van der Waals surface area contributed by atoms with Crippen molar-refractivity contribution in [3.05, 3.63) is 231 Å². The number of rotatable bonds is 18. The van der Waals surface area contributed by atoms with Crippen LogP contribution in [-0.2, 0) is 102 Å². The van der Waals surface area contributed by atoms with Crippen molar-refractivity contribution in [1.29, 1.82) is 0 Å². The number of carbonyl (C=O) groups is 9. The van der Waals surface area contributed by atoms with Crippen molar-refractivity contribution in [3.63, 3.8) is 0 Å². The van der Waals surface area contributed by atoms with Gasteiger partial charge in [0.2, 0.25) is 35.4 Å². The number of allylic oxidation sites excluding steroid dienone is 3. The lowest BCUT2D eigenvalue weighted by atomic mass is 10.0. The Balaban J connectivity index is 0.000000143. The zero-order valence-electron chi connectivity index (χ0n) is 62.2. The first-order valence-corrected chi connectivity index (χ1v) is 33.7. The molecule has 3 N–H and O–H groups in total. The van der Waals surface area contributed by atoms with Gasteiger partial charge < -0.3 is 73.8 Å². The van der Waals surface area contributed by atoms with E-state index >= 15 is 0 Å². The Labute approximate surface area is 599 Å². The first kappa shape index (κ1) is 62.1. The summed E-state index contributed by atoms with van der Waals surface area (Å²) < 4.78 is 82.8. The number of nitrogens with one attached hydrogen (secondary N) is 3. The van der Waals surface area contributed by atoms with E-state index in [0.717, 1.165) is 33.4 Å². The summed E-state index contributed by atoms with van der Waals surface area (Å²) in [7, 11) is 0. The summed E-state index contributed by atoms with van der Waals surface area (Å²) in [5, 5.41) is 3.81. The highest BCUT2D eigenvalue weighted by Gasteiger charge is 2.43. The predicted octanol–water partition coefficient (Wildman–Crippen LogP) is 7.12. The minimum Gasteiger partial charge on any atom is -0.489 e. The van der Waals surface area contributed by atoms with Gasteiger partial charge in [-0.2, -0.15) is 0 Å². The number of nitrogens with zero attached hydrogens (tertiary/aromatic N) is 6. The van der Waals surface area contributed by atoms with Crippen molar-refractivity contribution < 1.29 is 79.9 Å². The third-order valence-corrected chi connectivity index (χ3v) is 18.8. The molecule has 6 fully saturated rings. The zero-order valence-corrected chi connectivity index (χ0v) is 56.2. The van der Waals surface area contributed by atoms with Gasteiger partial charge in [0.05, 0.1) is 40.8 Å². The Hall–Kier alpha value is -11.0. The average Bonchev–Trinajstić information content (AvgIpc) is 1.60. The molecule has 9 aliphatic heterocycles. The van der Waals surface area contributed by atoms with Crippen LogP contribution in [0.5, 0.6) is 17.2 Å². The monoisotopic (exact) mass is 1390 g/mol. The predicted molar refractivity (Wildman–Crippen MR) is 371 cm³/mol. The second kappa shape index (κ2) is 31.3. The molecular weight excluding hydrogens is 1300 g/mol. The molecule has 0 saturated carbocycles. The van der Waals surface area contributed by atoms with Crippen LogP contribution in [0, 0.1) is 0 Å². The summed E-state index contributed by atoms with van der Waals surface area (Å²) in [6, 6.07) is 35.2. The Morgan fingerprint density at radius 3 is 1.23 bits per heavy atom. The molecule has 6 unspecified atom stereocenters. The Morgan fingerprint density at radius 2 is 0.804 bits per heavy atom. The van der Waals surface area contributed by atoms with Gasteiger partial charge in [-0.05, 0) is 108 Å². The smallest absolute Gasteiger partial charge is 0.255 e. The summed E-state index contributed by atoms with van der Waals surface area (Å²) in [4.78, 5) is 123. The van der Waals surface area contributed by atoms with Crippen LogP contribution in [-0.4, -0.2) is 160 Å². The number of carbonyl (C=O) groups excluding carboxylic acids is 9. The highest BCUT2D eigenvalue weighted by molar-refractivity contribution is 6.04. The third-order valence-electron chi connectivity index (χ3n) is 18.8. The lowest BCUT2D eigenvalue weighted by Crippen LogP contribution is -2.49. The van der Waals surface area contributed by atoms with Crippen LogP contribution in [0.1, 0.15) is 125 Å². The molecule has 15 rings (SSSR count). The topological polar surface area (TPSA) is 265 Å². The molecular formula is C78H81N9O15. The van der Waals surface area contributed by atoms with Crippen LogP contribution in [0.25, 0.3) is 0 Å². The fourth-order valence-electron chi connectivity index (χ4n) is 13.1. The van der Waals surface area contributed by atoms with Gasteiger partial charge in [-0.1, -0.05) is 111 Å². The van der Waals surface area contributed by atoms with Gasteiger partial charge in [0.25, 0.3) is 17.7 Å². The minimum atomic E-state index is -1.89. The molecule has 24 nitrogen and oxygen atoms in total. The lowest BCUT2D eigenvalue weighted by Gasteiger charge is -2.31. The molecule has 0 aliphatic carbocycles. The molecule has 0 spiro atoms. The van der Waals surface area contributed by atoms with E-state index in [2.05, 4.69) is 25.1 Å². The molecule has 6 aromatic carbocycles. The van der Waals surface area contributed by atoms with Crippen molar-refractivity contribution in [2.45, 2.75) is 116 Å². The van der Waals surface area contributed by atoms with Gasteiger partial charge in [0.1, 0.15) is 75.0 Å². The summed E-state index contributed by atoms with van der Waals surface area (Å²) in [6.07, 6.45) is -2.43. The Bertz CT molecular complexity index is 4570. The van der Waals surface area contributed by atoms with Crippen molar-refractivity contribution in [2.75, 3.05) is 59.3 Å². The quantitative estimate of drug-likeness (QED) is 0.0774. The van der Waals surface area contributed by atoms with Crippen LogP contribution >= 0.6 is 0 Å². The number of hydrogen-bond acceptors (Lipinski definition) is 15. The lowest BCUT2D eigenvalue weighted by molar-refractivity contribution is -0.144. The molecule has 102 heavy (non-hydrogen) atoms. The Morgan fingerprint density at radius 1 is 0.441 bits per heavy atom. The second-order valence-electron chi connectivity index (χ2n) is 25.7. The third kappa shape index (κ3) is 15.9. The molecule has 0 bridgehead atoms. The first-order chi connectivity index (χ1) is 51.9. The van der Waals surface area contributed by atoms with E-state index in [0.29, 0.717) is 127 Å². The van der Waals surface area contributed by atoms with E-state index in [9.17, 15) is 43.2 Å². The van der Waals surface area contributed by atoms with E-state index in [1.54, 1.807) is 69.3 Å². The van der Waals surface area contributed by atoms with Crippen LogP contribution < -0.4 is 30.1 Å². The number of amides is 9. The van der Waals surface area contributed by atoms with Crippen LogP contribution in [0.4, 0.5) is 0 Å². The van der Waals surface area contributed by atoms with E-state index < -0.39 is 60.9 Å². The van der Waals surface area contributed by atoms with Crippen LogP contribution in [0.3, 0.4) is 0 Å². The van der Waals surface area contributed by atoms with Gasteiger partial charge in [0.15, 0.2) is 2.82 Å². The van der Waals surface area contributed by atoms with E-state index in [1.165, 1.54) is 14.7 Å². The summed E-state index contributed by atoms with van der Waals surface area (Å²) in [5.74, 6) is -1.31. The molecule has 9 heterocycles. The maximum atomic E-state index is 13.1. The molecule has 9 amide bonds. The van der Waals surface area contributed by atoms with Crippen molar-refractivity contribution in [3.8, 4) is 17.2 Å². The van der Waals surface area contributed by atoms with E-state index in [4.69, 9.17) is 36.7 Å². The average molecular weight is 1390 g/mol. The SMILES string of the molecule is [2H]C1CC(=C)N([2H])C(=O)C1N1Cc2c(OCc3ccc(CN4CCOCC4=O)cc3)cccc2C1=O.[2H]C1CC(N2Cc3c(OCc4ccc(CN5CCOCC5=O)cc4)cccc3C2=O)C(=O)N([2H])C1=C.[2H]C1CC([2H])(N2Cc3c(OCc4ccc(CN5CCOCC5=O)cc4)cccc3C2=O)C(=O)NC1=C. The molecule has 0 aromatic heterocycles. The normalized spacial score (nSPS) is 24.3. The van der Waals surface area contributed by atoms with E-state index in [-0.39, 0.29) is 119 Å². The molecule has 24 heteroatoms. The Kier molecular flexibility index (Phi) is 19.1. The summed E-state index contributed by atoms with van der Waals surface area (Å²) in [5.41, 5.74) is 9.74. The van der Waals surface area contributed by atoms with Crippen molar-refractivity contribution >= 4 is 53.2 Å². The number of piperidine rings is 3. The number of morpholine rings is 3. The maximum Gasteiger partial charge on any atom is 0.255 e. The standard InChI is InChI=1S/3C26H27N3O5/c3*1-17-5-10-22(25(31)27-17)29-14-21-20(26(29)32)3-2-4-23(21)34-15-19-8-6-18(7-9-19)13-28-11-12-33-16-24(28)30/h3*2-4,6-9,22H,1,5,10-16H2,(H,27,31)/i5D,22D;10D;5D/hD2. The van der Waals surface area contributed by atoms with Gasteiger partial charge in [0, 0.05) is 93.9 Å². The number of ether oxygens (including phenoxy) is 6. The maximum absolute atomic E-state index is 13.1. The zero-order chi connectivity index (χ0) is 76.2. The second-order valence-corrected chi connectivity index (χ2v) is 25.7. The molecule has 6 atom stereocenters. The largest absolute Gasteiger partial charge is 0.489 e. The van der Waals surface area contributed by atoms with Gasteiger partial charge in [-0.15, -0.1) is 0 Å². The number of fused-ring (bicyclic) bond motifs is 3. The minimum absolute atomic E-state index is 0.0104. The fourth-order valence-corrected chi connectivity index (χ4v) is 13.1. The molecule has 9 aliphatic rings. The number of benzene rings is 6. The molecule has 0 radical (unpaired) electrons. The first-order valence-electron chi connectivity index (χ1n) is 36.8. The van der Waals surface area contributed by atoms with Gasteiger partial charge in [-0.3, -0.25) is 43.2 Å². The van der Waals surface area contributed by atoms with Gasteiger partial charge >= 0.3 is 0 Å². The van der Waals surface area contributed by atoms with E-state index in [1.807, 2.05) is 72.8 Å². The van der Waals surface area contributed by atoms with Crippen molar-refractivity contribution in [2.24, 2.45) is 0 Å². The van der Waals surface area contributed by atoms with Gasteiger partial charge in [-0.25, -0.2) is 0 Å². The summed E-state index contributed by atoms with van der Waals surface area (Å²) >= 11 is 0. The van der Waals surface area contributed by atoms with Crippen LogP contribution in [0.2, 0.25) is 2.82 Å².